The van der Waals surface area contributed by atoms with Crippen LogP contribution in [0.15, 0.2) is 12.3 Å². The third-order valence-electron chi connectivity index (χ3n) is 4.49. The molecule has 0 spiro atoms. The minimum Gasteiger partial charge on any atom is -0.349 e. The van der Waals surface area contributed by atoms with Crippen molar-refractivity contribution in [2.45, 2.75) is 38.4 Å². The van der Waals surface area contributed by atoms with Crippen molar-refractivity contribution in [3.05, 3.63) is 23.4 Å². The summed E-state index contributed by atoms with van der Waals surface area (Å²) in [6.45, 7) is 3.30. The van der Waals surface area contributed by atoms with Gasteiger partial charge in [0.15, 0.2) is 5.78 Å². The van der Waals surface area contributed by atoms with Crippen molar-refractivity contribution < 1.29 is 22.8 Å². The highest BCUT2D eigenvalue weighted by atomic mass is 19.4. The van der Waals surface area contributed by atoms with E-state index in [1.165, 1.54) is 0 Å². The zero-order valence-corrected chi connectivity index (χ0v) is 13.3. The summed E-state index contributed by atoms with van der Waals surface area (Å²) in [7, 11) is 0. The van der Waals surface area contributed by atoms with Gasteiger partial charge in [-0.15, -0.1) is 0 Å². The number of carbonyl (C=O) groups excluding carboxylic acids is 2. The van der Waals surface area contributed by atoms with E-state index >= 15 is 0 Å². The molecule has 1 aromatic heterocycles. The third-order valence-corrected chi connectivity index (χ3v) is 4.49. The molecule has 0 aliphatic carbocycles. The lowest BCUT2D eigenvalue weighted by Crippen LogP contribution is -2.57. The maximum absolute atomic E-state index is 12.8. The van der Waals surface area contributed by atoms with E-state index in [-0.39, 0.29) is 29.7 Å². The van der Waals surface area contributed by atoms with Crippen LogP contribution in [0, 0.1) is 0 Å². The molecule has 0 unspecified atom stereocenters. The Balaban J connectivity index is 1.86. The van der Waals surface area contributed by atoms with Crippen LogP contribution in [0.1, 0.15) is 42.1 Å². The lowest BCUT2D eigenvalue weighted by Gasteiger charge is -2.44. The fourth-order valence-corrected chi connectivity index (χ4v) is 3.28. The van der Waals surface area contributed by atoms with Crippen LogP contribution in [0.4, 0.5) is 19.0 Å². The highest BCUT2D eigenvalue weighted by molar-refractivity contribution is 6.03. The normalized spacial score (nSPS) is 20.7. The molecule has 3 rings (SSSR count). The Morgan fingerprint density at radius 3 is 2.79 bits per heavy atom. The summed E-state index contributed by atoms with van der Waals surface area (Å²) in [6.07, 6.45) is -2.43. The van der Waals surface area contributed by atoms with Crippen molar-refractivity contribution in [3.8, 4) is 0 Å². The van der Waals surface area contributed by atoms with Gasteiger partial charge in [0.25, 0.3) is 0 Å². The predicted molar refractivity (Wildman–Crippen MR) is 80.8 cm³/mol. The Kier molecular flexibility index (Phi) is 4.23. The van der Waals surface area contributed by atoms with Gasteiger partial charge in [-0.3, -0.25) is 9.59 Å². The molecular weight excluding hydrogens is 323 g/mol. The Morgan fingerprint density at radius 1 is 1.38 bits per heavy atom. The van der Waals surface area contributed by atoms with Crippen molar-refractivity contribution in [1.29, 1.82) is 0 Å². The Labute approximate surface area is 137 Å². The molecule has 5 nitrogen and oxygen atoms in total. The molecule has 2 aliphatic rings. The van der Waals surface area contributed by atoms with E-state index in [9.17, 15) is 22.8 Å². The van der Waals surface area contributed by atoms with Crippen molar-refractivity contribution in [2.24, 2.45) is 0 Å². The number of ketones is 1. The SMILES string of the molecule is CCCC(=O)N1CCN2c3ncc(C(F)(F)F)cc3C(=O)C[C@@H]2C1. The molecule has 8 heteroatoms. The number of nitrogens with zero attached hydrogens (tertiary/aromatic N) is 3. The molecule has 0 N–H and O–H groups in total. The van der Waals surface area contributed by atoms with Gasteiger partial charge < -0.3 is 9.80 Å². The molecular formula is C16H18F3N3O2. The molecule has 3 heterocycles. The van der Waals surface area contributed by atoms with E-state index in [4.69, 9.17) is 0 Å². The maximum atomic E-state index is 12.8. The van der Waals surface area contributed by atoms with Gasteiger partial charge in [0.05, 0.1) is 17.2 Å². The number of halogens is 3. The van der Waals surface area contributed by atoms with Gasteiger partial charge >= 0.3 is 6.18 Å². The standard InChI is InChI=1S/C16H18F3N3O2/c1-2-3-14(24)21-4-5-22-11(9-21)7-13(23)12-6-10(16(17,18)19)8-20-15(12)22/h6,8,11H,2-5,7,9H2,1H3/t11-/m1/s1. The van der Waals surface area contributed by atoms with Crippen LogP contribution in [-0.2, 0) is 11.0 Å². The number of carbonyl (C=O) groups is 2. The van der Waals surface area contributed by atoms with Crippen molar-refractivity contribution in [3.63, 3.8) is 0 Å². The van der Waals surface area contributed by atoms with Gasteiger partial charge in [-0.05, 0) is 12.5 Å². The minimum absolute atomic E-state index is 0.0226. The van der Waals surface area contributed by atoms with E-state index < -0.39 is 11.7 Å². The predicted octanol–water partition coefficient (Wildman–Crippen LogP) is 2.50. The van der Waals surface area contributed by atoms with Crippen LogP contribution in [0.3, 0.4) is 0 Å². The second kappa shape index (κ2) is 6.07. The molecule has 0 saturated carbocycles. The second-order valence-corrected chi connectivity index (χ2v) is 6.16. The van der Waals surface area contributed by atoms with Gasteiger partial charge in [0.1, 0.15) is 5.82 Å². The summed E-state index contributed by atoms with van der Waals surface area (Å²) in [5.41, 5.74) is -0.890. The van der Waals surface area contributed by atoms with Crippen LogP contribution in [0.25, 0.3) is 0 Å². The number of pyridine rings is 1. The number of amides is 1. The quantitative estimate of drug-likeness (QED) is 0.829. The van der Waals surface area contributed by atoms with Gasteiger partial charge in [0.2, 0.25) is 5.91 Å². The van der Waals surface area contributed by atoms with Crippen LogP contribution < -0.4 is 4.90 Å². The number of hydrogen-bond donors (Lipinski definition) is 0. The Morgan fingerprint density at radius 2 is 2.12 bits per heavy atom. The topological polar surface area (TPSA) is 53.5 Å². The molecule has 130 valence electrons. The maximum Gasteiger partial charge on any atom is 0.417 e. The average molecular weight is 341 g/mol. The van der Waals surface area contributed by atoms with Crippen molar-refractivity contribution in [2.75, 3.05) is 24.5 Å². The van der Waals surface area contributed by atoms with Crippen LogP contribution in [0.2, 0.25) is 0 Å². The molecule has 2 aliphatic heterocycles. The number of Topliss-reactive ketones (excluding diaryl/α,β-unsaturated/α-hetero) is 1. The first-order valence-electron chi connectivity index (χ1n) is 7.96. The Hall–Kier alpha value is -2.12. The largest absolute Gasteiger partial charge is 0.417 e. The summed E-state index contributed by atoms with van der Waals surface area (Å²) >= 11 is 0. The fourth-order valence-electron chi connectivity index (χ4n) is 3.28. The first-order valence-corrected chi connectivity index (χ1v) is 7.96. The summed E-state index contributed by atoms with van der Waals surface area (Å²) < 4.78 is 38.5. The molecule has 0 aromatic carbocycles. The number of piperazine rings is 1. The first kappa shape index (κ1) is 16.7. The van der Waals surface area contributed by atoms with Crippen LogP contribution in [-0.4, -0.2) is 47.3 Å². The van der Waals surface area contributed by atoms with Crippen LogP contribution >= 0.6 is 0 Å². The molecule has 1 atom stereocenters. The lowest BCUT2D eigenvalue weighted by atomic mass is 9.94. The summed E-state index contributed by atoms with van der Waals surface area (Å²) in [5, 5.41) is 0. The van der Waals surface area contributed by atoms with E-state index in [0.717, 1.165) is 18.7 Å². The Bertz CT molecular complexity index is 675. The number of alkyl halides is 3. The molecule has 1 aromatic rings. The summed E-state index contributed by atoms with van der Waals surface area (Å²) in [4.78, 5) is 31.8. The second-order valence-electron chi connectivity index (χ2n) is 6.16. The average Bonchev–Trinajstić information content (AvgIpc) is 2.53. The van der Waals surface area contributed by atoms with Gasteiger partial charge in [-0.25, -0.2) is 4.98 Å². The lowest BCUT2D eigenvalue weighted by molar-refractivity contribution is -0.138. The fraction of sp³-hybridized carbons (Fsp3) is 0.562. The zero-order chi connectivity index (χ0) is 17.5. The van der Waals surface area contributed by atoms with E-state index in [1.54, 1.807) is 4.90 Å². The third kappa shape index (κ3) is 2.97. The number of hydrogen-bond acceptors (Lipinski definition) is 4. The minimum atomic E-state index is -4.52. The summed E-state index contributed by atoms with van der Waals surface area (Å²) in [6, 6.07) is 0.666. The molecule has 0 bridgehead atoms. The highest BCUT2D eigenvalue weighted by Crippen LogP contribution is 2.36. The summed E-state index contributed by atoms with van der Waals surface area (Å²) in [5.74, 6) is -0.00254. The van der Waals surface area contributed by atoms with E-state index in [2.05, 4.69) is 4.98 Å². The molecule has 1 fully saturated rings. The highest BCUT2D eigenvalue weighted by Gasteiger charge is 2.39. The van der Waals surface area contributed by atoms with Gasteiger partial charge in [-0.2, -0.15) is 13.2 Å². The molecule has 24 heavy (non-hydrogen) atoms. The van der Waals surface area contributed by atoms with E-state index in [1.807, 2.05) is 11.8 Å². The van der Waals surface area contributed by atoms with Crippen molar-refractivity contribution >= 4 is 17.5 Å². The molecule has 1 amide bonds. The zero-order valence-electron chi connectivity index (χ0n) is 13.3. The number of fused-ring (bicyclic) bond motifs is 3. The molecule has 0 radical (unpaired) electrons. The molecule has 1 saturated heterocycles. The number of anilines is 1. The van der Waals surface area contributed by atoms with Gasteiger partial charge in [-0.1, -0.05) is 6.92 Å². The van der Waals surface area contributed by atoms with Crippen molar-refractivity contribution in [1.82, 2.24) is 9.88 Å². The first-order chi connectivity index (χ1) is 11.3. The van der Waals surface area contributed by atoms with Gasteiger partial charge in [0, 0.05) is 38.7 Å². The van der Waals surface area contributed by atoms with E-state index in [0.29, 0.717) is 31.9 Å². The van der Waals surface area contributed by atoms with Crippen LogP contribution in [0.5, 0.6) is 0 Å². The number of rotatable bonds is 2. The monoisotopic (exact) mass is 341 g/mol. The number of aromatic nitrogens is 1. The smallest absolute Gasteiger partial charge is 0.349 e.